The van der Waals surface area contributed by atoms with E-state index in [4.69, 9.17) is 0 Å². The van der Waals surface area contributed by atoms with Gasteiger partial charge < -0.3 is 10.6 Å². The van der Waals surface area contributed by atoms with Crippen LogP contribution in [0.3, 0.4) is 0 Å². The predicted molar refractivity (Wildman–Crippen MR) is 80.0 cm³/mol. The van der Waals surface area contributed by atoms with Crippen molar-refractivity contribution in [3.05, 3.63) is 11.1 Å². The fourth-order valence-electron chi connectivity index (χ4n) is 3.19. The molecule has 19 heavy (non-hydrogen) atoms. The van der Waals surface area contributed by atoms with E-state index in [1.807, 2.05) is 6.92 Å². The molecule has 1 amide bonds. The maximum atomic E-state index is 12.0. The van der Waals surface area contributed by atoms with Gasteiger partial charge in [0.15, 0.2) is 5.13 Å². The van der Waals surface area contributed by atoms with Gasteiger partial charge in [-0.2, -0.15) is 0 Å². The Morgan fingerprint density at radius 1 is 1.47 bits per heavy atom. The van der Waals surface area contributed by atoms with Crippen LogP contribution in [0.2, 0.25) is 0 Å². The number of aromatic nitrogens is 1. The fraction of sp³-hybridized carbons (Fsp3) is 0.692. The first kappa shape index (κ1) is 14.8. The third-order valence-electron chi connectivity index (χ3n) is 3.91. The van der Waals surface area contributed by atoms with E-state index in [1.165, 1.54) is 24.2 Å². The van der Waals surface area contributed by atoms with Crippen molar-refractivity contribution in [2.45, 2.75) is 51.1 Å². The summed E-state index contributed by atoms with van der Waals surface area (Å²) >= 11 is 1.54. The molecule has 3 heterocycles. The third kappa shape index (κ3) is 3.68. The second kappa shape index (κ2) is 6.20. The fourth-order valence-corrected chi connectivity index (χ4v) is 3.87. The Kier molecular flexibility index (Phi) is 4.81. The van der Waals surface area contributed by atoms with Crippen molar-refractivity contribution in [2.75, 3.05) is 5.32 Å². The molecule has 2 fully saturated rings. The zero-order valence-electron chi connectivity index (χ0n) is 11.0. The number of carbonyl (C=O) groups excluding carboxylic acids is 1. The second-order valence-corrected chi connectivity index (χ2v) is 6.74. The average molecular weight is 302 g/mol. The molecule has 2 bridgehead atoms. The van der Waals surface area contributed by atoms with Crippen molar-refractivity contribution in [1.29, 1.82) is 0 Å². The van der Waals surface area contributed by atoms with Gasteiger partial charge in [0.25, 0.3) is 0 Å². The van der Waals surface area contributed by atoms with Crippen LogP contribution in [0, 0.1) is 12.8 Å². The standard InChI is InChI=1S/C13H19N3OS.ClH/c1-8-7-14-13(18-8)16-12(17)6-9-4-10-2-3-11(5-9)15-10;/h7,9-11,15H,2-6H2,1H3,(H,14,16,17);1H. The van der Waals surface area contributed by atoms with Gasteiger partial charge in [0.1, 0.15) is 0 Å². The number of thiazole rings is 1. The molecule has 4 nitrogen and oxygen atoms in total. The van der Waals surface area contributed by atoms with Crippen LogP contribution >= 0.6 is 23.7 Å². The zero-order valence-corrected chi connectivity index (χ0v) is 12.6. The van der Waals surface area contributed by atoms with Crippen LogP contribution in [-0.2, 0) is 4.79 Å². The van der Waals surface area contributed by atoms with Crippen molar-refractivity contribution in [3.63, 3.8) is 0 Å². The van der Waals surface area contributed by atoms with Crippen LogP contribution in [0.4, 0.5) is 5.13 Å². The number of rotatable bonds is 3. The molecule has 106 valence electrons. The highest BCUT2D eigenvalue weighted by atomic mass is 35.5. The summed E-state index contributed by atoms with van der Waals surface area (Å²) in [4.78, 5) is 17.3. The molecule has 0 spiro atoms. The lowest BCUT2D eigenvalue weighted by molar-refractivity contribution is -0.117. The molecule has 0 saturated carbocycles. The van der Waals surface area contributed by atoms with Crippen LogP contribution in [0.15, 0.2) is 6.20 Å². The summed E-state index contributed by atoms with van der Waals surface area (Å²) in [6, 6.07) is 1.31. The molecule has 0 radical (unpaired) electrons. The van der Waals surface area contributed by atoms with Crippen LogP contribution in [0.1, 0.15) is 37.0 Å². The minimum absolute atomic E-state index is 0. The Morgan fingerprint density at radius 2 is 2.16 bits per heavy atom. The summed E-state index contributed by atoms with van der Waals surface area (Å²) < 4.78 is 0. The first-order valence-electron chi connectivity index (χ1n) is 6.67. The molecular formula is C13H20ClN3OS. The molecule has 2 unspecified atom stereocenters. The number of nitrogens with one attached hydrogen (secondary N) is 2. The van der Waals surface area contributed by atoms with Gasteiger partial charge in [0.2, 0.25) is 5.91 Å². The van der Waals surface area contributed by atoms with Gasteiger partial charge in [-0.15, -0.1) is 23.7 Å². The van der Waals surface area contributed by atoms with E-state index < -0.39 is 0 Å². The third-order valence-corrected chi connectivity index (χ3v) is 4.74. The number of aryl methyl sites for hydroxylation is 1. The van der Waals surface area contributed by atoms with Crippen LogP contribution in [-0.4, -0.2) is 23.0 Å². The number of anilines is 1. The van der Waals surface area contributed by atoms with Crippen LogP contribution in [0.5, 0.6) is 0 Å². The van der Waals surface area contributed by atoms with E-state index in [9.17, 15) is 4.79 Å². The Hall–Kier alpha value is -0.650. The van der Waals surface area contributed by atoms with Gasteiger partial charge in [-0.3, -0.25) is 4.79 Å². The summed E-state index contributed by atoms with van der Waals surface area (Å²) in [5.41, 5.74) is 0. The molecule has 2 aliphatic rings. The highest BCUT2D eigenvalue weighted by molar-refractivity contribution is 7.15. The first-order chi connectivity index (χ1) is 8.69. The first-order valence-corrected chi connectivity index (χ1v) is 7.49. The number of fused-ring (bicyclic) bond motifs is 2. The van der Waals surface area contributed by atoms with E-state index in [-0.39, 0.29) is 18.3 Å². The molecule has 1 aromatic rings. The molecule has 0 aliphatic carbocycles. The molecular weight excluding hydrogens is 282 g/mol. The second-order valence-electron chi connectivity index (χ2n) is 5.50. The quantitative estimate of drug-likeness (QED) is 0.902. The van der Waals surface area contributed by atoms with E-state index in [1.54, 1.807) is 6.20 Å². The van der Waals surface area contributed by atoms with E-state index in [2.05, 4.69) is 15.6 Å². The Balaban J connectivity index is 0.00000133. The van der Waals surface area contributed by atoms with Crippen LogP contribution < -0.4 is 10.6 Å². The van der Waals surface area contributed by atoms with Gasteiger partial charge in [0, 0.05) is 29.6 Å². The summed E-state index contributed by atoms with van der Waals surface area (Å²) in [7, 11) is 0. The number of piperidine rings is 1. The number of halogens is 1. The average Bonchev–Trinajstić information content (AvgIpc) is 2.85. The van der Waals surface area contributed by atoms with Gasteiger partial charge in [-0.25, -0.2) is 4.98 Å². The van der Waals surface area contributed by atoms with Crippen LogP contribution in [0.25, 0.3) is 0 Å². The monoisotopic (exact) mass is 301 g/mol. The number of amides is 1. The normalized spacial score (nSPS) is 28.8. The van der Waals surface area contributed by atoms with Gasteiger partial charge in [-0.1, -0.05) is 0 Å². The topological polar surface area (TPSA) is 54.0 Å². The van der Waals surface area contributed by atoms with Crippen molar-refractivity contribution in [3.8, 4) is 0 Å². The summed E-state index contributed by atoms with van der Waals surface area (Å²) in [5.74, 6) is 0.667. The highest BCUT2D eigenvalue weighted by Crippen LogP contribution is 2.32. The molecule has 2 atom stereocenters. The molecule has 6 heteroatoms. The Morgan fingerprint density at radius 3 is 2.74 bits per heavy atom. The maximum absolute atomic E-state index is 12.0. The Bertz CT molecular complexity index is 439. The molecule has 1 aromatic heterocycles. The van der Waals surface area contributed by atoms with Crippen molar-refractivity contribution >= 4 is 34.8 Å². The van der Waals surface area contributed by atoms with Crippen molar-refractivity contribution < 1.29 is 4.79 Å². The van der Waals surface area contributed by atoms with Crippen molar-refractivity contribution in [1.82, 2.24) is 10.3 Å². The smallest absolute Gasteiger partial charge is 0.226 e. The summed E-state index contributed by atoms with van der Waals surface area (Å²) in [6.45, 7) is 2.00. The molecule has 3 rings (SSSR count). The summed E-state index contributed by atoms with van der Waals surface area (Å²) in [5, 5.41) is 7.24. The maximum Gasteiger partial charge on any atom is 0.226 e. The predicted octanol–water partition coefficient (Wildman–Crippen LogP) is 2.73. The number of hydrogen-bond acceptors (Lipinski definition) is 4. The van der Waals surface area contributed by atoms with Gasteiger partial charge in [0.05, 0.1) is 0 Å². The molecule has 2 saturated heterocycles. The van der Waals surface area contributed by atoms with E-state index >= 15 is 0 Å². The zero-order chi connectivity index (χ0) is 12.5. The molecule has 2 N–H and O–H groups in total. The summed E-state index contributed by atoms with van der Waals surface area (Å²) in [6.07, 6.45) is 7.32. The lowest BCUT2D eigenvalue weighted by atomic mass is 9.89. The number of nitrogens with zero attached hydrogens (tertiary/aromatic N) is 1. The van der Waals surface area contributed by atoms with Gasteiger partial charge >= 0.3 is 0 Å². The lowest BCUT2D eigenvalue weighted by Gasteiger charge is -2.28. The number of hydrogen-bond donors (Lipinski definition) is 2. The molecule has 2 aliphatic heterocycles. The van der Waals surface area contributed by atoms with Crippen molar-refractivity contribution in [2.24, 2.45) is 5.92 Å². The minimum Gasteiger partial charge on any atom is -0.311 e. The lowest BCUT2D eigenvalue weighted by Crippen LogP contribution is -2.39. The number of carbonyl (C=O) groups is 1. The van der Waals surface area contributed by atoms with E-state index in [0.717, 1.165) is 22.9 Å². The molecule has 0 aromatic carbocycles. The van der Waals surface area contributed by atoms with E-state index in [0.29, 0.717) is 24.4 Å². The SMILES string of the molecule is Cc1cnc(NC(=O)CC2CC3CCC(C2)N3)s1.Cl. The highest BCUT2D eigenvalue weighted by Gasteiger charge is 2.34. The van der Waals surface area contributed by atoms with Gasteiger partial charge in [-0.05, 0) is 38.5 Å². The minimum atomic E-state index is 0. The largest absolute Gasteiger partial charge is 0.311 e. The Labute approximate surface area is 123 Å².